The predicted octanol–water partition coefficient (Wildman–Crippen LogP) is 22.6. The third kappa shape index (κ3) is 72.1. The van der Waals surface area contributed by atoms with Crippen LogP contribution in [0.1, 0.15) is 323 Å². The van der Waals surface area contributed by atoms with E-state index in [0.29, 0.717) is 32.1 Å². The normalized spacial score (nSPS) is 14.5. The Kier molecular flexibility index (Phi) is 69.9. The van der Waals surface area contributed by atoms with Crippen LogP contribution >= 0.6 is 15.6 Å². The fourth-order valence-corrected chi connectivity index (χ4v) is 11.8. The summed E-state index contributed by atoms with van der Waals surface area (Å²) >= 11 is 0. The summed E-state index contributed by atoms with van der Waals surface area (Å²) in [6, 6.07) is 0. The first-order valence-corrected chi connectivity index (χ1v) is 42.2. The fraction of sp³-hybridized carbons (Fsp3) is 0.728. The number of rotatable bonds is 73. The topological polar surface area (TPSA) is 237 Å². The standard InChI is InChI=1S/C81H140O17P2/c1-5-9-13-17-21-25-29-33-36-37-40-44-48-52-56-60-64-68-81(86)98-77(72-92-79(84)66-62-58-54-50-46-42-38-34-30-26-22-18-14-10-6-2)74-96-100(89,90)94-70-75(82)69-93-99(87,88)95-73-76(71-91-78(83)65-61-57-53-49-45-41-32-28-24-20-16-12-8-4)97-80(85)67-63-59-55-51-47-43-39-35-31-27-23-19-15-11-7-3/h21,25-28,30-36,38-40,44,52,56,75-77,82H,5-20,22-24,29,37,41-43,45-51,53-55,57-74H2,1-4H3,(H,87,88)(H,89,90)/b25-21-,30-26-,31-27-,32-28-,36-33-,38-34-,39-35-,44-40-,56-52-/t75-,76+,77+/m0/s1. The molecule has 100 heavy (non-hydrogen) atoms. The number of hydrogen-bond acceptors (Lipinski definition) is 15. The smallest absolute Gasteiger partial charge is 0.462 e. The van der Waals surface area contributed by atoms with Gasteiger partial charge in [0.05, 0.1) is 26.4 Å². The second kappa shape index (κ2) is 73.0. The predicted molar refractivity (Wildman–Crippen MR) is 408 cm³/mol. The van der Waals surface area contributed by atoms with Gasteiger partial charge in [-0.1, -0.05) is 265 Å². The molecule has 3 N–H and O–H groups in total. The van der Waals surface area contributed by atoms with E-state index in [1.807, 2.05) is 12.2 Å². The molecule has 17 nitrogen and oxygen atoms in total. The molecule has 0 aromatic rings. The number of hydrogen-bond donors (Lipinski definition) is 3. The molecule has 576 valence electrons. The number of allylic oxidation sites excluding steroid dienone is 18. The molecule has 0 saturated carbocycles. The second-order valence-electron chi connectivity index (χ2n) is 26.0. The van der Waals surface area contributed by atoms with Gasteiger partial charge < -0.3 is 33.8 Å². The lowest BCUT2D eigenvalue weighted by molar-refractivity contribution is -0.161. The van der Waals surface area contributed by atoms with Gasteiger partial charge in [0, 0.05) is 25.7 Å². The van der Waals surface area contributed by atoms with Crippen molar-refractivity contribution < 1.29 is 80.2 Å². The Morgan fingerprint density at radius 1 is 0.290 bits per heavy atom. The number of carbonyl (C=O) groups excluding carboxylic acids is 4. The number of carbonyl (C=O) groups is 4. The minimum absolute atomic E-state index is 0.0143. The quantitative estimate of drug-likeness (QED) is 0.0128. The van der Waals surface area contributed by atoms with Crippen molar-refractivity contribution in [3.63, 3.8) is 0 Å². The number of ether oxygens (including phenoxy) is 4. The van der Waals surface area contributed by atoms with Gasteiger partial charge in [-0.15, -0.1) is 0 Å². The van der Waals surface area contributed by atoms with Crippen LogP contribution < -0.4 is 0 Å². The molecule has 19 heteroatoms. The van der Waals surface area contributed by atoms with E-state index in [1.165, 1.54) is 96.3 Å². The van der Waals surface area contributed by atoms with E-state index < -0.39 is 97.5 Å². The van der Waals surface area contributed by atoms with E-state index in [4.69, 9.17) is 37.0 Å². The van der Waals surface area contributed by atoms with Crippen molar-refractivity contribution in [2.24, 2.45) is 0 Å². The summed E-state index contributed by atoms with van der Waals surface area (Å²) in [6.07, 6.45) is 77.9. The zero-order valence-electron chi connectivity index (χ0n) is 62.8. The van der Waals surface area contributed by atoms with E-state index in [2.05, 4.69) is 125 Å². The summed E-state index contributed by atoms with van der Waals surface area (Å²) in [7, 11) is -9.98. The third-order valence-electron chi connectivity index (χ3n) is 16.2. The molecule has 0 fully saturated rings. The highest BCUT2D eigenvalue weighted by atomic mass is 31.2. The molecule has 0 spiro atoms. The van der Waals surface area contributed by atoms with Crippen LogP contribution in [0.4, 0.5) is 0 Å². The molecule has 0 bridgehead atoms. The summed E-state index contributed by atoms with van der Waals surface area (Å²) in [5.74, 6) is -2.28. The number of esters is 4. The highest BCUT2D eigenvalue weighted by molar-refractivity contribution is 7.47. The summed E-state index contributed by atoms with van der Waals surface area (Å²) in [5, 5.41) is 10.6. The SMILES string of the molecule is CCCCC/C=C\C/C=C\C/C=C\C/C=C\CCCC(=O)O[C@H](COC(=O)CCCCCCC/C=C\C=C/CCCCCC)COP(=O)(O)OC[C@@H](O)COP(=O)(O)OC[C@@H](COC(=O)CCCCCCC/C=C\CCCCCC)OC(=O)CCCCCCC/C=C\C=C/CCCCCC. The van der Waals surface area contributed by atoms with Gasteiger partial charge in [0.15, 0.2) is 12.2 Å². The van der Waals surface area contributed by atoms with Gasteiger partial charge in [-0.05, 0) is 141 Å². The van der Waals surface area contributed by atoms with Crippen molar-refractivity contribution in [3.05, 3.63) is 109 Å². The molecule has 0 amide bonds. The molecule has 0 aromatic heterocycles. The Labute approximate surface area is 607 Å². The zero-order valence-corrected chi connectivity index (χ0v) is 64.6. The van der Waals surface area contributed by atoms with Crippen LogP contribution in [0, 0.1) is 0 Å². The summed E-state index contributed by atoms with van der Waals surface area (Å²) in [6.45, 7) is 4.70. The first-order valence-electron chi connectivity index (χ1n) is 39.2. The number of aliphatic hydroxyl groups is 1. The van der Waals surface area contributed by atoms with Crippen molar-refractivity contribution in [1.29, 1.82) is 0 Å². The molecular weight excluding hydrogens is 1310 g/mol. The van der Waals surface area contributed by atoms with Gasteiger partial charge in [-0.2, -0.15) is 0 Å². The van der Waals surface area contributed by atoms with Crippen LogP contribution in [0.15, 0.2) is 109 Å². The van der Waals surface area contributed by atoms with E-state index in [1.54, 1.807) is 0 Å². The minimum atomic E-state index is -5.00. The third-order valence-corrected chi connectivity index (χ3v) is 18.1. The van der Waals surface area contributed by atoms with Crippen LogP contribution in [-0.2, 0) is 65.4 Å². The maximum atomic E-state index is 13.1. The maximum Gasteiger partial charge on any atom is 0.472 e. The monoisotopic (exact) mass is 1450 g/mol. The maximum absolute atomic E-state index is 13.1. The Hall–Kier alpha value is -4.28. The minimum Gasteiger partial charge on any atom is -0.462 e. The van der Waals surface area contributed by atoms with E-state index >= 15 is 0 Å². The van der Waals surface area contributed by atoms with E-state index in [-0.39, 0.29) is 25.7 Å². The Bertz CT molecular complexity index is 2320. The van der Waals surface area contributed by atoms with Gasteiger partial charge in [0.25, 0.3) is 0 Å². The van der Waals surface area contributed by atoms with Crippen LogP contribution in [0.5, 0.6) is 0 Å². The van der Waals surface area contributed by atoms with Crippen molar-refractivity contribution >= 4 is 39.5 Å². The molecular formula is C81H140O17P2. The average Bonchev–Trinajstić information content (AvgIpc) is 1.22. The second-order valence-corrected chi connectivity index (χ2v) is 28.9. The first-order chi connectivity index (χ1) is 48.7. The summed E-state index contributed by atoms with van der Waals surface area (Å²) in [5.41, 5.74) is 0. The van der Waals surface area contributed by atoms with Crippen molar-refractivity contribution in [2.45, 2.75) is 341 Å². The largest absolute Gasteiger partial charge is 0.472 e. The lowest BCUT2D eigenvalue weighted by Crippen LogP contribution is -2.30. The molecule has 0 aliphatic heterocycles. The number of phosphoric ester groups is 2. The molecule has 0 saturated heterocycles. The first kappa shape index (κ1) is 95.7. The van der Waals surface area contributed by atoms with Crippen LogP contribution in [0.25, 0.3) is 0 Å². The molecule has 2 unspecified atom stereocenters. The Balaban J connectivity index is 5.44. The lowest BCUT2D eigenvalue weighted by atomic mass is 10.1. The number of unbranched alkanes of at least 4 members (excludes halogenated alkanes) is 31. The van der Waals surface area contributed by atoms with Crippen LogP contribution in [0.2, 0.25) is 0 Å². The van der Waals surface area contributed by atoms with Gasteiger partial charge in [-0.25, -0.2) is 9.13 Å². The fourth-order valence-electron chi connectivity index (χ4n) is 10.2. The van der Waals surface area contributed by atoms with Gasteiger partial charge in [0.1, 0.15) is 19.3 Å². The average molecular weight is 1450 g/mol. The molecule has 0 aliphatic rings. The van der Waals surface area contributed by atoms with Crippen LogP contribution in [0.3, 0.4) is 0 Å². The molecule has 0 aliphatic carbocycles. The molecule has 5 atom stereocenters. The van der Waals surface area contributed by atoms with Gasteiger partial charge in [0.2, 0.25) is 0 Å². The molecule has 0 heterocycles. The van der Waals surface area contributed by atoms with Gasteiger partial charge >= 0.3 is 39.5 Å². The van der Waals surface area contributed by atoms with Crippen molar-refractivity contribution in [3.8, 4) is 0 Å². The Morgan fingerprint density at radius 2 is 0.530 bits per heavy atom. The van der Waals surface area contributed by atoms with Gasteiger partial charge in [-0.3, -0.25) is 37.3 Å². The molecule has 0 rings (SSSR count). The number of phosphoric acid groups is 2. The zero-order chi connectivity index (χ0) is 73.2. The van der Waals surface area contributed by atoms with E-state index in [9.17, 15) is 43.2 Å². The molecule has 0 aromatic carbocycles. The lowest BCUT2D eigenvalue weighted by Gasteiger charge is -2.21. The number of aliphatic hydroxyl groups excluding tert-OH is 1. The molecule has 0 radical (unpaired) electrons. The van der Waals surface area contributed by atoms with Crippen LogP contribution in [-0.4, -0.2) is 96.7 Å². The highest BCUT2D eigenvalue weighted by Gasteiger charge is 2.30. The highest BCUT2D eigenvalue weighted by Crippen LogP contribution is 2.45. The Morgan fingerprint density at radius 3 is 0.880 bits per heavy atom. The van der Waals surface area contributed by atoms with Crippen molar-refractivity contribution in [1.82, 2.24) is 0 Å². The summed E-state index contributed by atoms with van der Waals surface area (Å²) < 4.78 is 68.4. The van der Waals surface area contributed by atoms with E-state index in [0.717, 1.165) is 141 Å². The van der Waals surface area contributed by atoms with Crippen molar-refractivity contribution in [2.75, 3.05) is 39.6 Å². The summed E-state index contributed by atoms with van der Waals surface area (Å²) in [4.78, 5) is 72.9.